The first-order chi connectivity index (χ1) is 7.33. The fraction of sp³-hybridized carbons (Fsp3) is 1.00. The number of hydrogen-bond acceptors (Lipinski definition) is 1. The van der Waals surface area contributed by atoms with E-state index in [1.165, 1.54) is 0 Å². The smallest absolute Gasteiger partial charge is 0.373 e. The maximum absolute atomic E-state index is 12.9. The first kappa shape index (κ1) is 15.2. The lowest BCUT2D eigenvalue weighted by Gasteiger charge is -2.34. The molecule has 1 rings (SSSR count). The highest BCUT2D eigenvalue weighted by atomic mass is 127. The topological polar surface area (TPSA) is 12.5 Å². The lowest BCUT2D eigenvalue weighted by atomic mass is 10.0. The molecule has 0 aromatic heterocycles. The summed E-state index contributed by atoms with van der Waals surface area (Å²) in [6.07, 6.45) is -3.02. The Labute approximate surface area is 104 Å². The van der Waals surface area contributed by atoms with E-state index in [-0.39, 0.29) is 29.2 Å². The second-order valence-corrected chi connectivity index (χ2v) is 4.87. The highest BCUT2D eigenvalue weighted by Gasteiger charge is 2.80. The molecule has 1 fully saturated rings. The van der Waals surface area contributed by atoms with Gasteiger partial charge in [-0.2, -0.15) is 35.1 Å². The minimum absolute atomic E-state index is 0.280. The summed E-state index contributed by atoms with van der Waals surface area (Å²) in [6.45, 7) is -0.280. The van der Waals surface area contributed by atoms with Crippen LogP contribution in [0.25, 0.3) is 0 Å². The largest absolute Gasteiger partial charge is 0.387 e. The third kappa shape index (κ3) is 2.61. The first-order valence-corrected chi connectivity index (χ1v) is 5.22. The number of halogens is 9. The Morgan fingerprint density at radius 1 is 0.941 bits per heavy atom. The van der Waals surface area contributed by atoms with Crippen molar-refractivity contribution in [1.29, 1.82) is 0 Å². The van der Waals surface area contributed by atoms with E-state index in [0.29, 0.717) is 0 Å². The lowest BCUT2D eigenvalue weighted by Crippen LogP contribution is -2.60. The van der Waals surface area contributed by atoms with Gasteiger partial charge in [0.25, 0.3) is 0 Å². The van der Waals surface area contributed by atoms with Crippen LogP contribution >= 0.6 is 22.6 Å². The molecular weight excluding hydrogens is 379 g/mol. The fourth-order valence-corrected chi connectivity index (χ4v) is 1.35. The van der Waals surface area contributed by atoms with Gasteiger partial charge < -0.3 is 4.74 Å². The molecule has 10 heteroatoms. The average Bonchev–Trinajstić information content (AvgIpc) is 2.84. The van der Waals surface area contributed by atoms with Crippen LogP contribution in [0.1, 0.15) is 6.42 Å². The van der Waals surface area contributed by atoms with Crippen molar-refractivity contribution in [2.45, 2.75) is 34.2 Å². The predicted octanol–water partition coefficient (Wildman–Crippen LogP) is 3.71. The molecule has 1 saturated heterocycles. The number of rotatable bonds is 5. The Balaban J connectivity index is 2.98. The van der Waals surface area contributed by atoms with Gasteiger partial charge in [0.05, 0.1) is 12.7 Å². The van der Waals surface area contributed by atoms with Gasteiger partial charge in [0, 0.05) is 29.0 Å². The molecule has 1 nitrogen and oxygen atoms in total. The number of alkyl halides is 9. The van der Waals surface area contributed by atoms with Crippen molar-refractivity contribution in [1.82, 2.24) is 0 Å². The summed E-state index contributed by atoms with van der Waals surface area (Å²) >= 11 is -0.294. The van der Waals surface area contributed by atoms with Crippen LogP contribution in [0.3, 0.4) is 0 Å². The van der Waals surface area contributed by atoms with Gasteiger partial charge in [-0.05, 0) is 0 Å². The van der Waals surface area contributed by atoms with Gasteiger partial charge in [-0.1, -0.05) is 0 Å². The van der Waals surface area contributed by atoms with E-state index in [4.69, 9.17) is 0 Å². The van der Waals surface area contributed by atoms with Crippen LogP contribution in [0.15, 0.2) is 0 Å². The molecule has 0 amide bonds. The monoisotopic (exact) mass is 384 g/mol. The molecule has 0 saturated carbocycles. The van der Waals surface area contributed by atoms with E-state index >= 15 is 0 Å². The summed E-state index contributed by atoms with van der Waals surface area (Å²) in [6, 6.07) is 0. The van der Waals surface area contributed by atoms with Crippen molar-refractivity contribution in [2.75, 3.05) is 6.61 Å². The Morgan fingerprint density at radius 2 is 1.35 bits per heavy atom. The summed E-state index contributed by atoms with van der Waals surface area (Å²) < 4.78 is 100. The molecule has 0 spiro atoms. The van der Waals surface area contributed by atoms with Gasteiger partial charge in [-0.25, -0.2) is 0 Å². The maximum atomic E-state index is 12.9. The molecule has 1 aliphatic heterocycles. The van der Waals surface area contributed by atoms with E-state index < -0.39 is 34.2 Å². The summed E-state index contributed by atoms with van der Waals surface area (Å²) in [5, 5.41) is 0. The molecule has 1 heterocycles. The molecule has 1 atom stereocenters. The number of ether oxygens (including phenoxy) is 1. The second kappa shape index (κ2) is 4.07. The molecule has 0 aromatic rings. The number of epoxide rings is 1. The average molecular weight is 384 g/mol. The van der Waals surface area contributed by atoms with Crippen molar-refractivity contribution in [3.63, 3.8) is 0 Å². The quantitative estimate of drug-likeness (QED) is 0.305. The fourth-order valence-electron chi connectivity index (χ4n) is 1.01. The maximum Gasteiger partial charge on any atom is 0.387 e. The third-order valence-electron chi connectivity index (χ3n) is 2.10. The Kier molecular flexibility index (Phi) is 3.63. The van der Waals surface area contributed by atoms with Crippen LogP contribution < -0.4 is 0 Å². The zero-order valence-corrected chi connectivity index (χ0v) is 9.96. The van der Waals surface area contributed by atoms with Crippen molar-refractivity contribution < 1.29 is 39.9 Å². The molecule has 0 radical (unpaired) electrons. The molecule has 1 aliphatic rings. The van der Waals surface area contributed by atoms with Crippen LogP contribution in [0.2, 0.25) is 0 Å². The minimum Gasteiger partial charge on any atom is -0.373 e. The number of hydrogen-bond donors (Lipinski definition) is 0. The van der Waals surface area contributed by atoms with E-state index in [1.54, 1.807) is 0 Å². The van der Waals surface area contributed by atoms with Gasteiger partial charge in [0.15, 0.2) is 0 Å². The van der Waals surface area contributed by atoms with Crippen LogP contribution in [0.5, 0.6) is 0 Å². The minimum atomic E-state index is -6.16. The molecule has 0 N–H and O–H groups in total. The van der Waals surface area contributed by atoms with Gasteiger partial charge in [0.2, 0.25) is 0 Å². The Hall–Kier alpha value is 0.130. The Bertz CT molecular complexity index is 295. The second-order valence-electron chi connectivity index (χ2n) is 3.51. The highest BCUT2D eigenvalue weighted by molar-refractivity contribution is 14.1. The van der Waals surface area contributed by atoms with E-state index in [0.717, 1.165) is 0 Å². The molecule has 102 valence electrons. The van der Waals surface area contributed by atoms with E-state index in [2.05, 4.69) is 4.74 Å². The van der Waals surface area contributed by atoms with Gasteiger partial charge in [0.1, 0.15) is 0 Å². The van der Waals surface area contributed by atoms with Gasteiger partial charge in [-0.15, -0.1) is 0 Å². The van der Waals surface area contributed by atoms with Crippen molar-refractivity contribution in [3.8, 4) is 0 Å². The Morgan fingerprint density at radius 3 is 1.65 bits per heavy atom. The summed E-state index contributed by atoms with van der Waals surface area (Å²) in [7, 11) is 0. The standard InChI is InChI=1S/C7H5F8IO/c8-4(9,1-3-2-17-3)5(10,11)6(12,13)7(14,15)16/h3H,1-2H2. The van der Waals surface area contributed by atoms with Gasteiger partial charge >= 0.3 is 21.7 Å². The third-order valence-corrected chi connectivity index (χ3v) is 2.77. The predicted molar refractivity (Wildman–Crippen MR) is 48.2 cm³/mol. The summed E-state index contributed by atoms with van der Waals surface area (Å²) in [5.74, 6) is -17.6. The van der Waals surface area contributed by atoms with Crippen molar-refractivity contribution >= 4 is 22.6 Å². The normalized spacial score (nSPS) is 22.8. The molecule has 17 heavy (non-hydrogen) atoms. The first-order valence-electron chi connectivity index (χ1n) is 4.15. The van der Waals surface area contributed by atoms with Crippen LogP contribution in [-0.4, -0.2) is 34.4 Å². The van der Waals surface area contributed by atoms with Crippen molar-refractivity contribution in [2.24, 2.45) is 0 Å². The molecule has 1 unspecified atom stereocenters. The van der Waals surface area contributed by atoms with Crippen molar-refractivity contribution in [3.05, 3.63) is 0 Å². The van der Waals surface area contributed by atoms with Crippen LogP contribution in [0.4, 0.5) is 35.1 Å². The zero-order chi connectivity index (χ0) is 13.7. The van der Waals surface area contributed by atoms with Crippen LogP contribution in [0, 0.1) is 0 Å². The molecular formula is C7H5F8IO. The SMILES string of the molecule is FC(F)(I)C(F)(F)C(F)(F)C(F)(F)CC1CO1. The molecule has 0 bridgehead atoms. The lowest BCUT2D eigenvalue weighted by molar-refractivity contribution is -0.343. The zero-order valence-electron chi connectivity index (χ0n) is 7.80. The summed E-state index contributed by atoms with van der Waals surface area (Å²) in [5.41, 5.74) is 0. The van der Waals surface area contributed by atoms with E-state index in [1.807, 2.05) is 0 Å². The van der Waals surface area contributed by atoms with Crippen LogP contribution in [-0.2, 0) is 4.74 Å². The van der Waals surface area contributed by atoms with Gasteiger partial charge in [-0.3, -0.25) is 0 Å². The molecule has 0 aromatic carbocycles. The van der Waals surface area contributed by atoms with E-state index in [9.17, 15) is 35.1 Å². The summed E-state index contributed by atoms with van der Waals surface area (Å²) in [4.78, 5) is 0. The highest BCUT2D eigenvalue weighted by Crippen LogP contribution is 2.56. The molecule has 0 aliphatic carbocycles.